The van der Waals surface area contributed by atoms with Gasteiger partial charge in [-0.3, -0.25) is 14.3 Å². The number of hydrogen-bond donors (Lipinski definition) is 1. The summed E-state index contributed by atoms with van der Waals surface area (Å²) in [5.74, 6) is 0. The van der Waals surface area contributed by atoms with E-state index in [-0.39, 0.29) is 17.3 Å². The zero-order valence-electron chi connectivity index (χ0n) is 9.28. The van der Waals surface area contributed by atoms with Crippen molar-refractivity contribution < 1.29 is 0 Å². The summed E-state index contributed by atoms with van der Waals surface area (Å²) in [5.41, 5.74) is -0.533. The third-order valence-corrected chi connectivity index (χ3v) is 3.62. The molecule has 0 bridgehead atoms. The molecule has 0 radical (unpaired) electrons. The Morgan fingerprint density at radius 2 is 2.18 bits per heavy atom. The molecule has 90 valence electrons. The predicted molar refractivity (Wildman–Crippen MR) is 67.0 cm³/mol. The molecule has 2 rings (SSSR count). The van der Waals surface area contributed by atoms with E-state index >= 15 is 0 Å². The quantitative estimate of drug-likeness (QED) is 0.838. The minimum absolute atomic E-state index is 0.0942. The number of aromatic nitrogens is 3. The van der Waals surface area contributed by atoms with Crippen LogP contribution in [0.15, 0.2) is 15.8 Å². The van der Waals surface area contributed by atoms with Gasteiger partial charge in [-0.05, 0) is 13.8 Å². The van der Waals surface area contributed by atoms with Gasteiger partial charge in [0.1, 0.15) is 5.15 Å². The molecule has 0 aliphatic heterocycles. The Balaban J connectivity index is 2.50. The molecule has 5 nitrogen and oxygen atoms in total. The van der Waals surface area contributed by atoms with Crippen molar-refractivity contribution in [2.24, 2.45) is 0 Å². The lowest BCUT2D eigenvalue weighted by atomic mass is 10.4. The standard InChI is InChI=1S/C10H10ClN3O2S/c1-5-8(11)13-10(16)14(9(5)15)4-7-3-12-6(2)17-7/h3H,4H2,1-2H3,(H,13,16). The number of nitrogens with zero attached hydrogens (tertiary/aromatic N) is 2. The summed E-state index contributed by atoms with van der Waals surface area (Å²) in [7, 11) is 0. The Morgan fingerprint density at radius 1 is 1.47 bits per heavy atom. The molecule has 17 heavy (non-hydrogen) atoms. The fourth-order valence-electron chi connectivity index (χ4n) is 1.42. The Kier molecular flexibility index (Phi) is 3.17. The SMILES string of the molecule is Cc1ncc(Cn2c(=O)[nH]c(Cl)c(C)c2=O)s1. The Morgan fingerprint density at radius 3 is 2.76 bits per heavy atom. The third-order valence-electron chi connectivity index (χ3n) is 2.34. The fourth-order valence-corrected chi connectivity index (χ4v) is 2.37. The molecule has 0 aliphatic rings. The second-order valence-corrected chi connectivity index (χ2v) is 5.30. The van der Waals surface area contributed by atoms with Gasteiger partial charge in [0.15, 0.2) is 0 Å². The molecule has 7 heteroatoms. The number of H-pyrrole nitrogens is 1. The molecule has 2 aromatic heterocycles. The molecule has 2 aromatic rings. The van der Waals surface area contributed by atoms with Gasteiger partial charge < -0.3 is 0 Å². The van der Waals surface area contributed by atoms with Gasteiger partial charge in [-0.15, -0.1) is 11.3 Å². The maximum absolute atomic E-state index is 11.9. The maximum atomic E-state index is 11.9. The van der Waals surface area contributed by atoms with Crippen LogP contribution in [0.3, 0.4) is 0 Å². The molecule has 2 heterocycles. The second kappa shape index (κ2) is 4.46. The molecule has 0 spiro atoms. The van der Waals surface area contributed by atoms with Crippen LogP contribution in [0.25, 0.3) is 0 Å². The van der Waals surface area contributed by atoms with Gasteiger partial charge in [0.2, 0.25) is 0 Å². The first-order valence-corrected chi connectivity index (χ1v) is 6.09. The molecular weight excluding hydrogens is 262 g/mol. The average Bonchev–Trinajstić information content (AvgIpc) is 2.67. The summed E-state index contributed by atoms with van der Waals surface area (Å²) in [6.07, 6.45) is 1.66. The molecule has 0 aromatic carbocycles. The molecule has 0 amide bonds. The molecule has 0 saturated carbocycles. The number of thiazole rings is 1. The highest BCUT2D eigenvalue weighted by Crippen LogP contribution is 2.12. The van der Waals surface area contributed by atoms with Crippen molar-refractivity contribution in [1.82, 2.24) is 14.5 Å². The molecule has 0 fully saturated rings. The second-order valence-electron chi connectivity index (χ2n) is 3.61. The first-order valence-electron chi connectivity index (χ1n) is 4.89. The number of hydrogen-bond acceptors (Lipinski definition) is 4. The van der Waals surface area contributed by atoms with Crippen LogP contribution in [0.2, 0.25) is 5.15 Å². The third kappa shape index (κ3) is 2.32. The minimum Gasteiger partial charge on any atom is -0.297 e. The van der Waals surface area contributed by atoms with E-state index in [0.29, 0.717) is 5.56 Å². The van der Waals surface area contributed by atoms with Gasteiger partial charge in [-0.25, -0.2) is 9.78 Å². The van der Waals surface area contributed by atoms with E-state index in [0.717, 1.165) is 14.5 Å². The highest BCUT2D eigenvalue weighted by Gasteiger charge is 2.10. The Labute approximate surface area is 106 Å². The molecule has 0 aliphatic carbocycles. The van der Waals surface area contributed by atoms with Gasteiger partial charge in [0, 0.05) is 16.6 Å². The van der Waals surface area contributed by atoms with Gasteiger partial charge in [-0.1, -0.05) is 11.6 Å². The molecular formula is C10H10ClN3O2S. The summed E-state index contributed by atoms with van der Waals surface area (Å²) in [4.78, 5) is 30.9. The van der Waals surface area contributed by atoms with E-state index in [1.807, 2.05) is 6.92 Å². The largest absolute Gasteiger partial charge is 0.329 e. The van der Waals surface area contributed by atoms with Crippen LogP contribution in [0.5, 0.6) is 0 Å². The summed E-state index contributed by atoms with van der Waals surface area (Å²) in [6, 6.07) is 0. The number of nitrogens with one attached hydrogen (secondary N) is 1. The van der Waals surface area contributed by atoms with Crippen molar-refractivity contribution in [3.8, 4) is 0 Å². The first-order chi connectivity index (χ1) is 7.99. The smallest absolute Gasteiger partial charge is 0.297 e. The average molecular weight is 272 g/mol. The number of aromatic amines is 1. The van der Waals surface area contributed by atoms with E-state index in [2.05, 4.69) is 9.97 Å². The van der Waals surface area contributed by atoms with E-state index < -0.39 is 5.69 Å². The van der Waals surface area contributed by atoms with Crippen molar-refractivity contribution in [2.75, 3.05) is 0 Å². The van der Waals surface area contributed by atoms with Crippen LogP contribution < -0.4 is 11.2 Å². The zero-order valence-corrected chi connectivity index (χ0v) is 10.9. The molecule has 0 saturated heterocycles. The van der Waals surface area contributed by atoms with Crippen LogP contribution in [0, 0.1) is 13.8 Å². The number of rotatable bonds is 2. The van der Waals surface area contributed by atoms with Gasteiger partial charge in [0.05, 0.1) is 11.6 Å². The van der Waals surface area contributed by atoms with Crippen LogP contribution in [0.4, 0.5) is 0 Å². The van der Waals surface area contributed by atoms with Gasteiger partial charge >= 0.3 is 5.69 Å². The van der Waals surface area contributed by atoms with E-state index in [9.17, 15) is 9.59 Å². The summed E-state index contributed by atoms with van der Waals surface area (Å²) < 4.78 is 1.12. The van der Waals surface area contributed by atoms with Crippen LogP contribution >= 0.6 is 22.9 Å². The Hall–Kier alpha value is -1.40. The van der Waals surface area contributed by atoms with E-state index in [1.54, 1.807) is 13.1 Å². The Bertz CT molecular complexity index is 671. The first kappa shape index (κ1) is 12.1. The summed E-state index contributed by atoms with van der Waals surface area (Å²) >= 11 is 7.17. The van der Waals surface area contributed by atoms with Crippen LogP contribution in [0.1, 0.15) is 15.4 Å². The van der Waals surface area contributed by atoms with Crippen molar-refractivity contribution >= 4 is 22.9 Å². The number of halogens is 1. The molecule has 1 N–H and O–H groups in total. The summed E-state index contributed by atoms with van der Waals surface area (Å²) in [6.45, 7) is 3.67. The normalized spacial score (nSPS) is 10.8. The highest BCUT2D eigenvalue weighted by atomic mass is 35.5. The van der Waals surface area contributed by atoms with E-state index in [1.165, 1.54) is 11.3 Å². The maximum Gasteiger partial charge on any atom is 0.329 e. The highest BCUT2D eigenvalue weighted by molar-refractivity contribution is 7.11. The number of aryl methyl sites for hydroxylation is 1. The van der Waals surface area contributed by atoms with Crippen molar-refractivity contribution in [2.45, 2.75) is 20.4 Å². The van der Waals surface area contributed by atoms with Crippen molar-refractivity contribution in [1.29, 1.82) is 0 Å². The van der Waals surface area contributed by atoms with Crippen molar-refractivity contribution in [3.63, 3.8) is 0 Å². The predicted octanol–water partition coefficient (Wildman–Crippen LogP) is 1.31. The molecule has 0 atom stereocenters. The van der Waals surface area contributed by atoms with Crippen LogP contribution in [-0.4, -0.2) is 14.5 Å². The zero-order chi connectivity index (χ0) is 12.6. The van der Waals surface area contributed by atoms with E-state index in [4.69, 9.17) is 11.6 Å². The van der Waals surface area contributed by atoms with Crippen molar-refractivity contribution in [3.05, 3.63) is 47.6 Å². The minimum atomic E-state index is -0.503. The topological polar surface area (TPSA) is 67.8 Å². The van der Waals surface area contributed by atoms with Gasteiger partial charge in [-0.2, -0.15) is 0 Å². The van der Waals surface area contributed by atoms with Gasteiger partial charge in [0.25, 0.3) is 5.56 Å². The summed E-state index contributed by atoms with van der Waals surface area (Å²) in [5, 5.41) is 0.992. The lowest BCUT2D eigenvalue weighted by Crippen LogP contribution is -2.36. The molecule has 0 unspecified atom stereocenters. The van der Waals surface area contributed by atoms with Crippen LogP contribution in [-0.2, 0) is 6.54 Å². The fraction of sp³-hybridized carbons (Fsp3) is 0.300. The monoisotopic (exact) mass is 271 g/mol. The lowest BCUT2D eigenvalue weighted by molar-refractivity contribution is 0.698. The lowest BCUT2D eigenvalue weighted by Gasteiger charge is -2.04.